The van der Waals surface area contributed by atoms with Gasteiger partial charge in [0.2, 0.25) is 5.88 Å². The number of aromatic nitrogens is 2. The Hall–Kier alpha value is -0.980. The summed E-state index contributed by atoms with van der Waals surface area (Å²) in [7, 11) is 1.55. The lowest BCUT2D eigenvalue weighted by Gasteiger charge is -2.15. The minimum atomic E-state index is -0.392. The third kappa shape index (κ3) is 2.71. The normalized spacial score (nSPS) is 12.2. The van der Waals surface area contributed by atoms with Crippen LogP contribution in [0.5, 0.6) is 5.88 Å². The number of halogens is 2. The van der Waals surface area contributed by atoms with Crippen molar-refractivity contribution in [2.45, 2.75) is 6.04 Å². The number of hydrogen-bond donors (Lipinski definition) is 1. The molecule has 18 heavy (non-hydrogen) atoms. The molecule has 2 rings (SSSR count). The lowest BCUT2D eigenvalue weighted by atomic mass is 10.0. The van der Waals surface area contributed by atoms with Gasteiger partial charge in [-0.05, 0) is 17.7 Å². The second-order valence-corrected chi connectivity index (χ2v) is 5.36. The Bertz CT molecular complexity index is 563. The minimum absolute atomic E-state index is 0.392. The van der Waals surface area contributed by atoms with E-state index >= 15 is 0 Å². The molecule has 1 aromatic heterocycles. The first kappa shape index (κ1) is 13.5. The minimum Gasteiger partial charge on any atom is -0.480 e. The maximum Gasteiger partial charge on any atom is 0.237 e. The topological polar surface area (TPSA) is 61.0 Å². The smallest absolute Gasteiger partial charge is 0.237 e. The highest BCUT2D eigenvalue weighted by atomic mass is 79.9. The van der Waals surface area contributed by atoms with Gasteiger partial charge < -0.3 is 10.5 Å². The molecule has 0 spiro atoms. The molecule has 0 bridgehead atoms. The molecule has 0 saturated heterocycles. The average molecular weight is 373 g/mol. The van der Waals surface area contributed by atoms with Crippen LogP contribution in [-0.2, 0) is 0 Å². The van der Waals surface area contributed by atoms with Crippen molar-refractivity contribution >= 4 is 31.9 Å². The van der Waals surface area contributed by atoms with Gasteiger partial charge in [-0.2, -0.15) is 0 Å². The van der Waals surface area contributed by atoms with Crippen LogP contribution in [-0.4, -0.2) is 17.1 Å². The molecule has 0 aliphatic rings. The molecular weight excluding hydrogens is 362 g/mol. The van der Waals surface area contributed by atoms with Crippen LogP contribution < -0.4 is 10.5 Å². The molecule has 1 aromatic carbocycles. The van der Waals surface area contributed by atoms with Crippen LogP contribution >= 0.6 is 31.9 Å². The fourth-order valence-corrected chi connectivity index (χ4v) is 2.90. The van der Waals surface area contributed by atoms with E-state index in [-0.39, 0.29) is 0 Å². The fourth-order valence-electron chi connectivity index (χ4n) is 1.61. The zero-order valence-electron chi connectivity index (χ0n) is 9.60. The van der Waals surface area contributed by atoms with E-state index in [9.17, 15) is 0 Å². The van der Waals surface area contributed by atoms with Crippen LogP contribution in [0.1, 0.15) is 17.3 Å². The molecule has 2 N–H and O–H groups in total. The zero-order chi connectivity index (χ0) is 13.1. The molecule has 1 unspecified atom stereocenters. The van der Waals surface area contributed by atoms with Crippen molar-refractivity contribution in [3.63, 3.8) is 0 Å². The quantitative estimate of drug-likeness (QED) is 0.899. The van der Waals surface area contributed by atoms with Gasteiger partial charge in [0.15, 0.2) is 0 Å². The molecular formula is C12H11Br2N3O. The SMILES string of the molecule is COc1nccnc1C(N)c1ccc(Br)cc1Br. The molecule has 0 saturated carbocycles. The zero-order valence-corrected chi connectivity index (χ0v) is 12.8. The Balaban J connectivity index is 2.44. The molecule has 0 fully saturated rings. The molecule has 6 heteroatoms. The first-order valence-electron chi connectivity index (χ1n) is 5.19. The highest BCUT2D eigenvalue weighted by Gasteiger charge is 2.18. The van der Waals surface area contributed by atoms with E-state index in [1.165, 1.54) is 0 Å². The van der Waals surface area contributed by atoms with E-state index < -0.39 is 6.04 Å². The molecule has 2 aromatic rings. The Labute approximate surface area is 122 Å². The van der Waals surface area contributed by atoms with Gasteiger partial charge >= 0.3 is 0 Å². The average Bonchev–Trinajstić information content (AvgIpc) is 2.38. The van der Waals surface area contributed by atoms with Crippen molar-refractivity contribution in [3.8, 4) is 5.88 Å². The van der Waals surface area contributed by atoms with E-state index in [4.69, 9.17) is 10.5 Å². The van der Waals surface area contributed by atoms with E-state index in [2.05, 4.69) is 41.8 Å². The van der Waals surface area contributed by atoms with Crippen molar-refractivity contribution in [3.05, 3.63) is 50.8 Å². The largest absolute Gasteiger partial charge is 0.480 e. The summed E-state index contributed by atoms with van der Waals surface area (Å²) < 4.78 is 7.07. The lowest BCUT2D eigenvalue weighted by molar-refractivity contribution is 0.387. The predicted molar refractivity (Wildman–Crippen MR) is 76.5 cm³/mol. The predicted octanol–water partition coefficient (Wildman–Crippen LogP) is 3.06. The summed E-state index contributed by atoms with van der Waals surface area (Å²) in [5.74, 6) is 0.444. The van der Waals surface area contributed by atoms with Gasteiger partial charge in [0.05, 0.1) is 13.2 Å². The number of nitrogens with two attached hydrogens (primary N) is 1. The van der Waals surface area contributed by atoms with Gasteiger partial charge in [0, 0.05) is 21.3 Å². The van der Waals surface area contributed by atoms with Gasteiger partial charge in [0.1, 0.15) is 5.69 Å². The van der Waals surface area contributed by atoms with Crippen LogP contribution in [0.4, 0.5) is 0 Å². The standard InChI is InChI=1S/C12H11Br2N3O/c1-18-12-11(16-4-5-17-12)10(15)8-3-2-7(13)6-9(8)14/h2-6,10H,15H2,1H3. The van der Waals surface area contributed by atoms with Crippen molar-refractivity contribution in [2.75, 3.05) is 7.11 Å². The van der Waals surface area contributed by atoms with Crippen molar-refractivity contribution in [2.24, 2.45) is 5.73 Å². The first-order chi connectivity index (χ1) is 8.63. The molecule has 0 aliphatic carbocycles. The summed E-state index contributed by atoms with van der Waals surface area (Å²) in [4.78, 5) is 8.35. The van der Waals surface area contributed by atoms with Crippen LogP contribution in [0, 0.1) is 0 Å². The van der Waals surface area contributed by atoms with Crippen LogP contribution in [0.2, 0.25) is 0 Å². The molecule has 94 valence electrons. The summed E-state index contributed by atoms with van der Waals surface area (Å²) in [6.07, 6.45) is 3.18. The summed E-state index contributed by atoms with van der Waals surface area (Å²) in [6, 6.07) is 5.42. The Morgan fingerprint density at radius 3 is 2.61 bits per heavy atom. The van der Waals surface area contributed by atoms with Crippen LogP contribution in [0.15, 0.2) is 39.5 Å². The number of hydrogen-bond acceptors (Lipinski definition) is 4. The Kier molecular flexibility index (Phi) is 4.31. The van der Waals surface area contributed by atoms with Gasteiger partial charge in [-0.3, -0.25) is 4.98 Å². The first-order valence-corrected chi connectivity index (χ1v) is 6.77. The van der Waals surface area contributed by atoms with Crippen molar-refractivity contribution in [1.29, 1.82) is 0 Å². The van der Waals surface area contributed by atoms with Gasteiger partial charge in [-0.1, -0.05) is 37.9 Å². The molecule has 4 nitrogen and oxygen atoms in total. The van der Waals surface area contributed by atoms with E-state index in [0.717, 1.165) is 14.5 Å². The molecule has 0 radical (unpaired) electrons. The van der Waals surface area contributed by atoms with E-state index in [0.29, 0.717) is 11.6 Å². The second-order valence-electron chi connectivity index (χ2n) is 3.59. The highest BCUT2D eigenvalue weighted by Crippen LogP contribution is 2.31. The Morgan fingerprint density at radius 1 is 1.22 bits per heavy atom. The van der Waals surface area contributed by atoms with Gasteiger partial charge in [0.25, 0.3) is 0 Å². The van der Waals surface area contributed by atoms with Gasteiger partial charge in [-0.15, -0.1) is 0 Å². The monoisotopic (exact) mass is 371 g/mol. The summed E-state index contributed by atoms with van der Waals surface area (Å²) >= 11 is 6.90. The molecule has 0 amide bonds. The lowest BCUT2D eigenvalue weighted by Crippen LogP contribution is -2.16. The Morgan fingerprint density at radius 2 is 1.94 bits per heavy atom. The van der Waals surface area contributed by atoms with E-state index in [1.54, 1.807) is 19.5 Å². The van der Waals surface area contributed by atoms with Gasteiger partial charge in [-0.25, -0.2) is 4.98 Å². The molecule has 1 atom stereocenters. The van der Waals surface area contributed by atoms with E-state index in [1.807, 2.05) is 18.2 Å². The number of rotatable bonds is 3. The van der Waals surface area contributed by atoms with Crippen LogP contribution in [0.3, 0.4) is 0 Å². The maximum absolute atomic E-state index is 6.22. The maximum atomic E-state index is 6.22. The summed E-state index contributed by atoms with van der Waals surface area (Å²) in [5.41, 5.74) is 7.76. The van der Waals surface area contributed by atoms with Crippen molar-refractivity contribution in [1.82, 2.24) is 9.97 Å². The molecule has 0 aliphatic heterocycles. The number of benzene rings is 1. The summed E-state index contributed by atoms with van der Waals surface area (Å²) in [5, 5.41) is 0. The fraction of sp³-hybridized carbons (Fsp3) is 0.167. The third-order valence-electron chi connectivity index (χ3n) is 2.48. The van der Waals surface area contributed by atoms with Crippen molar-refractivity contribution < 1.29 is 4.74 Å². The molecule has 1 heterocycles. The second kappa shape index (κ2) is 5.77. The van der Waals surface area contributed by atoms with Crippen LogP contribution in [0.25, 0.3) is 0 Å². The number of methoxy groups -OCH3 is 1. The highest BCUT2D eigenvalue weighted by molar-refractivity contribution is 9.11. The number of ether oxygens (including phenoxy) is 1. The number of nitrogens with zero attached hydrogens (tertiary/aromatic N) is 2. The third-order valence-corrected chi connectivity index (χ3v) is 3.66. The summed E-state index contributed by atoms with van der Waals surface area (Å²) in [6.45, 7) is 0.